The van der Waals surface area contributed by atoms with Crippen LogP contribution in [0.25, 0.3) is 0 Å². The van der Waals surface area contributed by atoms with Crippen molar-refractivity contribution in [1.29, 1.82) is 0 Å². The molecule has 5 heteroatoms. The van der Waals surface area contributed by atoms with Crippen molar-refractivity contribution in [1.82, 2.24) is 10.2 Å². The van der Waals surface area contributed by atoms with Gasteiger partial charge in [0, 0.05) is 23.1 Å². The lowest BCUT2D eigenvalue weighted by molar-refractivity contribution is -0.123. The quantitative estimate of drug-likeness (QED) is 0.836. The summed E-state index contributed by atoms with van der Waals surface area (Å²) in [4.78, 5) is 24.7. The van der Waals surface area contributed by atoms with Crippen molar-refractivity contribution in [3.63, 3.8) is 0 Å². The van der Waals surface area contributed by atoms with Crippen LogP contribution in [0, 0.1) is 0 Å². The van der Waals surface area contributed by atoms with Crippen LogP contribution >= 0.6 is 15.9 Å². The number of halogens is 1. The maximum atomic E-state index is 12.0. The molecule has 1 aliphatic rings. The minimum absolute atomic E-state index is 0.0950. The Hall–Kier alpha value is -1.36. The lowest BCUT2D eigenvalue weighted by atomic mass is 10.2. The van der Waals surface area contributed by atoms with Crippen LogP contribution in [0.3, 0.4) is 0 Å². The lowest BCUT2D eigenvalue weighted by Gasteiger charge is -2.26. The largest absolute Gasteiger partial charge is 0.353 e. The normalized spacial score (nSPS) is 15.8. The number of piperazine rings is 1. The first-order valence-corrected chi connectivity index (χ1v) is 5.77. The van der Waals surface area contributed by atoms with E-state index in [0.717, 1.165) is 4.47 Å². The molecule has 4 nitrogen and oxygen atoms in total. The molecule has 0 aliphatic carbocycles. The second kappa shape index (κ2) is 4.65. The van der Waals surface area contributed by atoms with Gasteiger partial charge in [0.05, 0.1) is 6.54 Å². The Labute approximate surface area is 102 Å². The number of benzene rings is 1. The summed E-state index contributed by atoms with van der Waals surface area (Å²) in [6, 6.07) is 7.13. The van der Waals surface area contributed by atoms with E-state index in [9.17, 15) is 9.59 Å². The van der Waals surface area contributed by atoms with Gasteiger partial charge in [0.2, 0.25) is 5.91 Å². The van der Waals surface area contributed by atoms with Crippen LogP contribution in [-0.4, -0.2) is 36.3 Å². The molecule has 0 bridgehead atoms. The van der Waals surface area contributed by atoms with Gasteiger partial charge >= 0.3 is 0 Å². The predicted molar refractivity (Wildman–Crippen MR) is 63.1 cm³/mol. The fourth-order valence-corrected chi connectivity index (χ4v) is 1.85. The second-order valence-electron chi connectivity index (χ2n) is 3.58. The number of carbonyl (C=O) groups excluding carboxylic acids is 2. The average Bonchev–Trinajstić information content (AvgIpc) is 2.29. The van der Waals surface area contributed by atoms with E-state index >= 15 is 0 Å². The maximum absolute atomic E-state index is 12.0. The third-order valence-corrected chi connectivity index (χ3v) is 2.95. The van der Waals surface area contributed by atoms with Gasteiger partial charge in [0.1, 0.15) is 0 Å². The zero-order valence-corrected chi connectivity index (χ0v) is 10.2. The van der Waals surface area contributed by atoms with Crippen LogP contribution in [0.5, 0.6) is 0 Å². The van der Waals surface area contributed by atoms with E-state index in [0.29, 0.717) is 18.7 Å². The first kappa shape index (κ1) is 11.1. The van der Waals surface area contributed by atoms with Gasteiger partial charge in [0.25, 0.3) is 5.91 Å². The standard InChI is InChI=1S/C11H11BrN2O2/c12-9-3-1-8(2-4-9)11(16)14-6-5-13-10(15)7-14/h1-4H,5-7H2,(H,13,15). The predicted octanol–water partition coefficient (Wildman–Crippen LogP) is 1.02. The fraction of sp³-hybridized carbons (Fsp3) is 0.273. The van der Waals surface area contributed by atoms with Crippen molar-refractivity contribution in [3.8, 4) is 0 Å². The molecule has 0 atom stereocenters. The first-order chi connectivity index (χ1) is 7.66. The molecule has 84 valence electrons. The molecule has 0 saturated carbocycles. The summed E-state index contributed by atoms with van der Waals surface area (Å²) in [5.74, 6) is -0.195. The first-order valence-electron chi connectivity index (χ1n) is 4.98. The number of amides is 2. The lowest BCUT2D eigenvalue weighted by Crippen LogP contribution is -2.49. The Morgan fingerprint density at radius 2 is 2.00 bits per heavy atom. The van der Waals surface area contributed by atoms with Crippen LogP contribution < -0.4 is 5.32 Å². The maximum Gasteiger partial charge on any atom is 0.254 e. The summed E-state index contributed by atoms with van der Waals surface area (Å²) in [6.45, 7) is 1.25. The highest BCUT2D eigenvalue weighted by Crippen LogP contribution is 2.12. The molecule has 1 fully saturated rings. The molecular weight excluding hydrogens is 272 g/mol. The minimum Gasteiger partial charge on any atom is -0.353 e. The molecule has 0 aromatic heterocycles. The van der Waals surface area contributed by atoms with Gasteiger partial charge in [-0.3, -0.25) is 9.59 Å². The highest BCUT2D eigenvalue weighted by molar-refractivity contribution is 9.10. The van der Waals surface area contributed by atoms with Crippen LogP contribution in [0.15, 0.2) is 28.7 Å². The topological polar surface area (TPSA) is 49.4 Å². The van der Waals surface area contributed by atoms with Crippen molar-refractivity contribution >= 4 is 27.7 Å². The van der Waals surface area contributed by atoms with Crippen LogP contribution in [0.4, 0.5) is 0 Å². The molecule has 16 heavy (non-hydrogen) atoms. The van der Waals surface area contributed by atoms with E-state index in [1.54, 1.807) is 17.0 Å². The van der Waals surface area contributed by atoms with Gasteiger partial charge in [0.15, 0.2) is 0 Å². The Morgan fingerprint density at radius 3 is 2.62 bits per heavy atom. The summed E-state index contributed by atoms with van der Waals surface area (Å²) in [5.41, 5.74) is 0.609. The molecule has 2 amide bonds. The van der Waals surface area contributed by atoms with Gasteiger partial charge in [-0.05, 0) is 24.3 Å². The van der Waals surface area contributed by atoms with Crippen molar-refractivity contribution in [3.05, 3.63) is 34.3 Å². The van der Waals surface area contributed by atoms with Crippen molar-refractivity contribution in [2.75, 3.05) is 19.6 Å². The minimum atomic E-state index is -0.100. The molecule has 1 aromatic carbocycles. The Kier molecular flexibility index (Phi) is 3.24. The molecular formula is C11H11BrN2O2. The molecule has 1 saturated heterocycles. The summed E-state index contributed by atoms with van der Waals surface area (Å²) in [6.07, 6.45) is 0. The summed E-state index contributed by atoms with van der Waals surface area (Å²) < 4.78 is 0.931. The van der Waals surface area contributed by atoms with E-state index in [2.05, 4.69) is 21.2 Å². The van der Waals surface area contributed by atoms with E-state index in [1.807, 2.05) is 12.1 Å². The van der Waals surface area contributed by atoms with E-state index in [-0.39, 0.29) is 18.4 Å². The zero-order valence-electron chi connectivity index (χ0n) is 8.57. The van der Waals surface area contributed by atoms with Crippen molar-refractivity contribution < 1.29 is 9.59 Å². The highest BCUT2D eigenvalue weighted by Gasteiger charge is 2.21. The third-order valence-electron chi connectivity index (χ3n) is 2.42. The molecule has 2 rings (SSSR count). The number of hydrogen-bond donors (Lipinski definition) is 1. The number of hydrogen-bond acceptors (Lipinski definition) is 2. The summed E-state index contributed by atoms with van der Waals surface area (Å²) in [5, 5.41) is 2.69. The van der Waals surface area contributed by atoms with Gasteiger partial charge < -0.3 is 10.2 Å². The van der Waals surface area contributed by atoms with Crippen LogP contribution in [-0.2, 0) is 4.79 Å². The molecule has 0 unspecified atom stereocenters. The number of nitrogens with zero attached hydrogens (tertiary/aromatic N) is 1. The molecule has 1 aromatic rings. The summed E-state index contributed by atoms with van der Waals surface area (Å²) in [7, 11) is 0. The van der Waals surface area contributed by atoms with Gasteiger partial charge in [-0.25, -0.2) is 0 Å². The van der Waals surface area contributed by atoms with Gasteiger partial charge in [-0.1, -0.05) is 15.9 Å². The third kappa shape index (κ3) is 2.41. The zero-order chi connectivity index (χ0) is 11.5. The monoisotopic (exact) mass is 282 g/mol. The fourth-order valence-electron chi connectivity index (χ4n) is 1.59. The number of nitrogens with one attached hydrogen (secondary N) is 1. The van der Waals surface area contributed by atoms with E-state index in [4.69, 9.17) is 0 Å². The molecule has 1 aliphatic heterocycles. The molecule has 1 heterocycles. The van der Waals surface area contributed by atoms with Gasteiger partial charge in [-0.15, -0.1) is 0 Å². The van der Waals surface area contributed by atoms with Gasteiger partial charge in [-0.2, -0.15) is 0 Å². The van der Waals surface area contributed by atoms with Crippen molar-refractivity contribution in [2.24, 2.45) is 0 Å². The molecule has 0 radical (unpaired) electrons. The summed E-state index contributed by atoms with van der Waals surface area (Å²) >= 11 is 3.31. The van der Waals surface area contributed by atoms with E-state index < -0.39 is 0 Å². The Bertz CT molecular complexity index is 416. The number of carbonyl (C=O) groups is 2. The smallest absolute Gasteiger partial charge is 0.254 e. The Morgan fingerprint density at radius 1 is 1.31 bits per heavy atom. The molecule has 0 spiro atoms. The molecule has 1 N–H and O–H groups in total. The average molecular weight is 283 g/mol. The SMILES string of the molecule is O=C1CN(C(=O)c2ccc(Br)cc2)CCN1. The Balaban J connectivity index is 2.12. The second-order valence-corrected chi connectivity index (χ2v) is 4.50. The number of rotatable bonds is 1. The van der Waals surface area contributed by atoms with Crippen LogP contribution in [0.1, 0.15) is 10.4 Å². The van der Waals surface area contributed by atoms with Crippen LogP contribution in [0.2, 0.25) is 0 Å². The van der Waals surface area contributed by atoms with E-state index in [1.165, 1.54) is 0 Å². The van der Waals surface area contributed by atoms with Crippen molar-refractivity contribution in [2.45, 2.75) is 0 Å². The highest BCUT2D eigenvalue weighted by atomic mass is 79.9.